The van der Waals surface area contributed by atoms with Gasteiger partial charge in [-0.05, 0) is 34.2 Å². The molecule has 126 valence electrons. The van der Waals surface area contributed by atoms with Gasteiger partial charge in [-0.15, -0.1) is 0 Å². The molecule has 3 aromatic rings. The molecule has 1 aromatic heterocycles. The van der Waals surface area contributed by atoms with E-state index in [9.17, 15) is 0 Å². The molecular weight excluding hydrogens is 318 g/mol. The molecule has 1 heterocycles. The van der Waals surface area contributed by atoms with Crippen LogP contribution < -0.4 is 0 Å². The summed E-state index contributed by atoms with van der Waals surface area (Å²) < 4.78 is 6.48. The van der Waals surface area contributed by atoms with Crippen LogP contribution in [0.1, 0.15) is 28.2 Å². The second kappa shape index (κ2) is 3.94. The fraction of sp³-hybridized carbons (Fsp3) is 0.292. The van der Waals surface area contributed by atoms with Crippen LogP contribution in [0.15, 0.2) is 79.1 Å². The Morgan fingerprint density at radius 3 is 2.42 bits per heavy atom. The fourth-order valence-electron chi connectivity index (χ4n) is 7.94. The molecule has 2 heteroatoms. The Hall–Kier alpha value is -2.45. The number of nitrogens with zero attached hydrogens (tertiary/aromatic N) is 1. The molecule has 0 amide bonds. The van der Waals surface area contributed by atoms with Gasteiger partial charge in [0.2, 0.25) is 0 Å². The van der Waals surface area contributed by atoms with E-state index in [2.05, 4.69) is 77.9 Å². The van der Waals surface area contributed by atoms with Crippen LogP contribution in [0.3, 0.4) is 0 Å². The number of methoxy groups -OCH3 is 1. The quantitative estimate of drug-likeness (QED) is 0.716. The maximum absolute atomic E-state index is 6.48. The van der Waals surface area contributed by atoms with Gasteiger partial charge in [0, 0.05) is 42.2 Å². The Morgan fingerprint density at radius 1 is 0.885 bits per heavy atom. The van der Waals surface area contributed by atoms with E-state index in [0.29, 0.717) is 17.8 Å². The van der Waals surface area contributed by atoms with Crippen LogP contribution in [0.25, 0.3) is 0 Å². The van der Waals surface area contributed by atoms with E-state index in [-0.39, 0.29) is 16.4 Å². The lowest BCUT2D eigenvalue weighted by molar-refractivity contribution is -0.174. The lowest BCUT2D eigenvalue weighted by Gasteiger charge is -2.65. The summed E-state index contributed by atoms with van der Waals surface area (Å²) in [4.78, 5) is 4.50. The van der Waals surface area contributed by atoms with Gasteiger partial charge in [-0.25, -0.2) is 0 Å². The lowest BCUT2D eigenvalue weighted by Crippen LogP contribution is -2.70. The van der Waals surface area contributed by atoms with Crippen LogP contribution in [-0.4, -0.2) is 12.1 Å². The van der Waals surface area contributed by atoms with E-state index in [1.807, 2.05) is 13.3 Å². The third-order valence-corrected chi connectivity index (χ3v) is 8.15. The van der Waals surface area contributed by atoms with Crippen molar-refractivity contribution in [2.45, 2.75) is 22.3 Å². The number of ether oxygens (including phenoxy) is 1. The highest BCUT2D eigenvalue weighted by molar-refractivity contribution is 5.79. The van der Waals surface area contributed by atoms with Crippen LogP contribution in [0.5, 0.6) is 0 Å². The number of benzene rings is 2. The summed E-state index contributed by atoms with van der Waals surface area (Å²) in [7, 11) is 1.92. The first-order chi connectivity index (χ1) is 12.9. The van der Waals surface area contributed by atoms with Crippen molar-refractivity contribution in [3.8, 4) is 0 Å². The van der Waals surface area contributed by atoms with Crippen LogP contribution in [0.2, 0.25) is 0 Å². The second-order valence-corrected chi connectivity index (χ2v) is 8.29. The maximum Gasteiger partial charge on any atom is 0.108 e. The monoisotopic (exact) mass is 337 g/mol. The van der Waals surface area contributed by atoms with Gasteiger partial charge < -0.3 is 4.74 Å². The van der Waals surface area contributed by atoms with E-state index in [0.717, 1.165) is 0 Å². The number of hydrogen-bond acceptors (Lipinski definition) is 2. The van der Waals surface area contributed by atoms with Crippen molar-refractivity contribution >= 4 is 0 Å². The molecule has 6 atom stereocenters. The van der Waals surface area contributed by atoms with E-state index < -0.39 is 0 Å². The summed E-state index contributed by atoms with van der Waals surface area (Å²) in [5, 5.41) is 0. The first kappa shape index (κ1) is 13.7. The van der Waals surface area contributed by atoms with Crippen molar-refractivity contribution in [3.05, 3.63) is 101 Å². The van der Waals surface area contributed by atoms with Crippen molar-refractivity contribution in [1.29, 1.82) is 0 Å². The standard InChI is InChI=1S/C24H19NO/c1-26-24-18-12-6-5-11-17(18)19-20-21(24)22(20,15-8-3-2-4-9-15)23(19,24)16-10-7-13-25-14-16/h2-14,19-21H,1H3. The molecule has 2 aromatic carbocycles. The van der Waals surface area contributed by atoms with Gasteiger partial charge in [0.1, 0.15) is 5.60 Å². The predicted octanol–water partition coefficient (Wildman–Crippen LogP) is 4.17. The number of aromatic nitrogens is 1. The Balaban J connectivity index is 1.57. The Labute approximate surface area is 152 Å². The zero-order valence-electron chi connectivity index (χ0n) is 14.6. The number of pyridine rings is 1. The summed E-state index contributed by atoms with van der Waals surface area (Å²) >= 11 is 0. The largest absolute Gasteiger partial charge is 0.372 e. The summed E-state index contributed by atoms with van der Waals surface area (Å²) in [5.41, 5.74) is 5.76. The number of rotatable bonds is 3. The van der Waals surface area contributed by atoms with E-state index >= 15 is 0 Å². The van der Waals surface area contributed by atoms with E-state index in [1.54, 1.807) is 0 Å². The van der Waals surface area contributed by atoms with Gasteiger partial charge in [-0.2, -0.15) is 0 Å². The van der Waals surface area contributed by atoms with Crippen LogP contribution in [0, 0.1) is 11.8 Å². The van der Waals surface area contributed by atoms with E-state index in [4.69, 9.17) is 4.74 Å². The first-order valence-electron chi connectivity index (χ1n) is 9.47. The molecular formula is C24H19NO. The summed E-state index contributed by atoms with van der Waals surface area (Å²) in [6, 6.07) is 24.5. The smallest absolute Gasteiger partial charge is 0.108 e. The second-order valence-electron chi connectivity index (χ2n) is 8.29. The van der Waals surface area contributed by atoms with Crippen molar-refractivity contribution < 1.29 is 4.74 Å². The summed E-state index contributed by atoms with van der Waals surface area (Å²) in [5.74, 6) is 1.83. The van der Waals surface area contributed by atoms with Crippen molar-refractivity contribution in [1.82, 2.24) is 4.98 Å². The lowest BCUT2D eigenvalue weighted by atomic mass is 9.39. The Kier molecular flexibility index (Phi) is 2.08. The summed E-state index contributed by atoms with van der Waals surface area (Å²) in [6.45, 7) is 0. The molecule has 7 rings (SSSR count). The number of fused-ring (bicyclic) bond motifs is 6. The molecule has 3 fully saturated rings. The Bertz CT molecular complexity index is 1060. The molecule has 4 aliphatic carbocycles. The molecule has 4 aliphatic rings. The summed E-state index contributed by atoms with van der Waals surface area (Å²) in [6.07, 6.45) is 3.96. The van der Waals surface area contributed by atoms with Gasteiger partial charge >= 0.3 is 0 Å². The number of hydrogen-bond donors (Lipinski definition) is 0. The third-order valence-electron chi connectivity index (χ3n) is 8.15. The molecule has 0 aliphatic heterocycles. The van der Waals surface area contributed by atoms with Gasteiger partial charge in [-0.3, -0.25) is 4.98 Å². The highest BCUT2D eigenvalue weighted by Crippen LogP contribution is 3.05. The van der Waals surface area contributed by atoms with Crippen molar-refractivity contribution in [2.75, 3.05) is 7.11 Å². The van der Waals surface area contributed by atoms with Crippen LogP contribution in [-0.2, 0) is 21.2 Å². The minimum absolute atomic E-state index is 0.0105. The van der Waals surface area contributed by atoms with Crippen molar-refractivity contribution in [2.24, 2.45) is 11.8 Å². The molecule has 6 unspecified atom stereocenters. The van der Waals surface area contributed by atoms with Crippen molar-refractivity contribution in [3.63, 3.8) is 0 Å². The minimum atomic E-state index is -0.197. The normalized spacial score (nSPS) is 42.3. The molecule has 26 heavy (non-hydrogen) atoms. The molecule has 0 N–H and O–H groups in total. The molecule has 0 radical (unpaired) electrons. The van der Waals surface area contributed by atoms with Gasteiger partial charge in [-0.1, -0.05) is 60.7 Å². The molecule has 0 bridgehead atoms. The molecule has 0 saturated heterocycles. The first-order valence-corrected chi connectivity index (χ1v) is 9.47. The zero-order valence-corrected chi connectivity index (χ0v) is 14.6. The Morgan fingerprint density at radius 2 is 1.65 bits per heavy atom. The molecule has 0 spiro atoms. The van der Waals surface area contributed by atoms with Crippen LogP contribution >= 0.6 is 0 Å². The average Bonchev–Trinajstić information content (AvgIpc) is 3.06. The molecule has 2 nitrogen and oxygen atoms in total. The average molecular weight is 337 g/mol. The fourth-order valence-corrected chi connectivity index (χ4v) is 7.94. The highest BCUT2D eigenvalue weighted by Gasteiger charge is 3.08. The topological polar surface area (TPSA) is 22.1 Å². The highest BCUT2D eigenvalue weighted by atomic mass is 16.5. The van der Waals surface area contributed by atoms with E-state index in [1.165, 1.54) is 22.3 Å². The van der Waals surface area contributed by atoms with Crippen LogP contribution in [0.4, 0.5) is 0 Å². The predicted molar refractivity (Wildman–Crippen MR) is 98.9 cm³/mol. The van der Waals surface area contributed by atoms with Gasteiger partial charge in [0.05, 0.1) is 0 Å². The van der Waals surface area contributed by atoms with Gasteiger partial charge in [0.25, 0.3) is 0 Å². The molecule has 3 saturated carbocycles. The zero-order chi connectivity index (χ0) is 17.1. The third kappa shape index (κ3) is 0.956. The minimum Gasteiger partial charge on any atom is -0.372 e. The van der Waals surface area contributed by atoms with Gasteiger partial charge in [0.15, 0.2) is 0 Å². The maximum atomic E-state index is 6.48. The SMILES string of the molecule is COC12c3ccccc3C3C4C1C4(c1ccccc1)C32c1cccnc1.